The molecule has 30 heavy (non-hydrogen) atoms. The summed E-state index contributed by atoms with van der Waals surface area (Å²) in [5, 5.41) is 7.40. The molecule has 160 valence electrons. The highest BCUT2D eigenvalue weighted by Crippen LogP contribution is 2.25. The van der Waals surface area contributed by atoms with E-state index in [2.05, 4.69) is 15.5 Å². The van der Waals surface area contributed by atoms with Crippen molar-refractivity contribution in [1.29, 1.82) is 0 Å². The average molecular weight is 469 g/mol. The molecule has 0 bridgehead atoms. The van der Waals surface area contributed by atoms with Gasteiger partial charge in [0.2, 0.25) is 11.8 Å². The van der Waals surface area contributed by atoms with E-state index in [1.54, 1.807) is 18.2 Å². The number of benzene rings is 2. The van der Waals surface area contributed by atoms with Crippen molar-refractivity contribution in [3.05, 3.63) is 63.1 Å². The average Bonchev–Trinajstić information content (AvgIpc) is 2.72. The van der Waals surface area contributed by atoms with Gasteiger partial charge in [-0.2, -0.15) is 0 Å². The molecular formula is C22H24Cl3N3O2. The van der Waals surface area contributed by atoms with E-state index in [4.69, 9.17) is 34.8 Å². The molecule has 0 atom stereocenters. The molecule has 1 heterocycles. The first-order chi connectivity index (χ1) is 14.4. The van der Waals surface area contributed by atoms with Gasteiger partial charge >= 0.3 is 0 Å². The van der Waals surface area contributed by atoms with Gasteiger partial charge in [-0.05, 0) is 68.2 Å². The number of nitrogens with one attached hydrogen (secondary N) is 2. The Labute approximate surface area is 191 Å². The van der Waals surface area contributed by atoms with Gasteiger partial charge < -0.3 is 10.6 Å². The Kier molecular flexibility index (Phi) is 8.40. The predicted molar refractivity (Wildman–Crippen MR) is 122 cm³/mol. The van der Waals surface area contributed by atoms with Crippen molar-refractivity contribution >= 4 is 52.3 Å². The largest absolute Gasteiger partial charge is 0.356 e. The molecule has 0 spiro atoms. The van der Waals surface area contributed by atoms with Gasteiger partial charge in [-0.25, -0.2) is 0 Å². The van der Waals surface area contributed by atoms with Crippen molar-refractivity contribution in [3.63, 3.8) is 0 Å². The molecule has 0 radical (unpaired) electrons. The zero-order chi connectivity index (χ0) is 21.5. The number of piperidine rings is 1. The Morgan fingerprint density at radius 3 is 2.33 bits per heavy atom. The molecule has 1 fully saturated rings. The lowest BCUT2D eigenvalue weighted by molar-refractivity contribution is -0.126. The fraction of sp³-hybridized carbons (Fsp3) is 0.364. The first-order valence-corrected chi connectivity index (χ1v) is 11.0. The van der Waals surface area contributed by atoms with Crippen LogP contribution in [-0.2, 0) is 16.0 Å². The van der Waals surface area contributed by atoms with E-state index in [9.17, 15) is 9.59 Å². The second-order valence-corrected chi connectivity index (χ2v) is 8.65. The topological polar surface area (TPSA) is 61.4 Å². The molecule has 0 aliphatic carbocycles. The van der Waals surface area contributed by atoms with Gasteiger partial charge in [0.25, 0.3) is 0 Å². The first-order valence-electron chi connectivity index (χ1n) is 9.90. The molecule has 0 saturated carbocycles. The van der Waals surface area contributed by atoms with Crippen LogP contribution in [0.25, 0.3) is 0 Å². The number of halogens is 3. The van der Waals surface area contributed by atoms with Crippen LogP contribution >= 0.6 is 34.8 Å². The van der Waals surface area contributed by atoms with E-state index in [1.165, 1.54) is 0 Å². The molecule has 2 amide bonds. The van der Waals surface area contributed by atoms with Crippen LogP contribution in [0.3, 0.4) is 0 Å². The monoisotopic (exact) mass is 467 g/mol. The number of hydrogen-bond acceptors (Lipinski definition) is 3. The molecule has 1 aliphatic heterocycles. The highest BCUT2D eigenvalue weighted by Gasteiger charge is 2.25. The maximum absolute atomic E-state index is 12.4. The van der Waals surface area contributed by atoms with Crippen molar-refractivity contribution in [3.8, 4) is 0 Å². The number of hydrogen-bond donors (Lipinski definition) is 2. The lowest BCUT2D eigenvalue weighted by atomic mass is 9.96. The number of amides is 2. The summed E-state index contributed by atoms with van der Waals surface area (Å²) < 4.78 is 0. The van der Waals surface area contributed by atoms with Crippen LogP contribution < -0.4 is 10.6 Å². The highest BCUT2D eigenvalue weighted by atomic mass is 35.5. The van der Waals surface area contributed by atoms with Crippen molar-refractivity contribution < 1.29 is 9.59 Å². The fourth-order valence-corrected chi connectivity index (χ4v) is 3.88. The highest BCUT2D eigenvalue weighted by molar-refractivity contribution is 6.42. The van der Waals surface area contributed by atoms with E-state index < -0.39 is 0 Å². The van der Waals surface area contributed by atoms with Crippen LogP contribution in [-0.4, -0.2) is 42.9 Å². The third-order valence-corrected chi connectivity index (χ3v) is 6.15. The maximum Gasteiger partial charge on any atom is 0.238 e. The smallest absolute Gasteiger partial charge is 0.238 e. The van der Waals surface area contributed by atoms with Gasteiger partial charge in [0.15, 0.2) is 0 Å². The van der Waals surface area contributed by atoms with E-state index >= 15 is 0 Å². The lowest BCUT2D eigenvalue weighted by Crippen LogP contribution is -2.43. The van der Waals surface area contributed by atoms with Crippen LogP contribution in [0.15, 0.2) is 42.5 Å². The van der Waals surface area contributed by atoms with Gasteiger partial charge in [0.1, 0.15) is 0 Å². The Morgan fingerprint density at radius 2 is 1.67 bits per heavy atom. The number of carbonyl (C=O) groups is 2. The second kappa shape index (κ2) is 11.0. The Hall–Kier alpha value is -1.79. The maximum atomic E-state index is 12.4. The van der Waals surface area contributed by atoms with Crippen molar-refractivity contribution in [2.75, 3.05) is 31.5 Å². The van der Waals surface area contributed by atoms with Gasteiger partial charge in [-0.1, -0.05) is 46.9 Å². The number of likely N-dealkylation sites (tertiary alicyclic amines) is 1. The van der Waals surface area contributed by atoms with E-state index in [-0.39, 0.29) is 24.3 Å². The number of anilines is 1. The number of nitrogens with zero attached hydrogens (tertiary/aromatic N) is 1. The summed E-state index contributed by atoms with van der Waals surface area (Å²) in [7, 11) is 0. The standard InChI is InChI=1S/C22H24Cl3N3O2/c23-17-3-1-15(2-4-17)7-10-26-22(30)16-8-11-28(12-9-16)14-21(29)27-18-5-6-19(24)20(25)13-18/h1-6,13,16H,7-12,14H2,(H,26,30)(H,27,29). The second-order valence-electron chi connectivity index (χ2n) is 7.39. The summed E-state index contributed by atoms with van der Waals surface area (Å²) in [6.45, 7) is 2.31. The summed E-state index contributed by atoms with van der Waals surface area (Å²) >= 11 is 17.7. The van der Waals surface area contributed by atoms with Gasteiger partial charge in [-0.3, -0.25) is 14.5 Å². The molecule has 0 aromatic heterocycles. The number of rotatable bonds is 7. The van der Waals surface area contributed by atoms with Crippen LogP contribution in [0.1, 0.15) is 18.4 Å². The summed E-state index contributed by atoms with van der Waals surface area (Å²) in [5.74, 6) is -0.0345. The van der Waals surface area contributed by atoms with Crippen LogP contribution in [0.2, 0.25) is 15.1 Å². The SMILES string of the molecule is O=C(CN1CCC(C(=O)NCCc2ccc(Cl)cc2)CC1)Nc1ccc(Cl)c(Cl)c1. The summed E-state index contributed by atoms with van der Waals surface area (Å²) in [4.78, 5) is 26.8. The first kappa shape index (κ1) is 22.9. The van der Waals surface area contributed by atoms with Gasteiger partial charge in [-0.15, -0.1) is 0 Å². The Balaban J connectivity index is 1.36. The third kappa shape index (κ3) is 6.88. The molecule has 2 N–H and O–H groups in total. The van der Waals surface area contributed by atoms with Crippen LogP contribution in [0, 0.1) is 5.92 Å². The molecule has 1 saturated heterocycles. The van der Waals surface area contributed by atoms with Crippen LogP contribution in [0.4, 0.5) is 5.69 Å². The molecule has 8 heteroatoms. The third-order valence-electron chi connectivity index (χ3n) is 5.16. The molecule has 1 aliphatic rings. The fourth-order valence-electron chi connectivity index (χ4n) is 3.46. The molecule has 5 nitrogen and oxygen atoms in total. The van der Waals surface area contributed by atoms with Crippen molar-refractivity contribution in [2.24, 2.45) is 5.92 Å². The predicted octanol–water partition coefficient (Wildman–Crippen LogP) is 4.66. The van der Waals surface area contributed by atoms with Crippen molar-refractivity contribution in [1.82, 2.24) is 10.2 Å². The molecular weight excluding hydrogens is 445 g/mol. The Bertz CT molecular complexity index is 882. The minimum absolute atomic E-state index is 0.00963. The summed E-state index contributed by atoms with van der Waals surface area (Å²) in [5.41, 5.74) is 1.76. The molecule has 3 rings (SSSR count). The Morgan fingerprint density at radius 1 is 0.967 bits per heavy atom. The van der Waals surface area contributed by atoms with Gasteiger partial charge in [0, 0.05) is 23.2 Å². The summed E-state index contributed by atoms with van der Waals surface area (Å²) in [6, 6.07) is 12.6. The van der Waals surface area contributed by atoms with E-state index in [0.29, 0.717) is 40.4 Å². The van der Waals surface area contributed by atoms with E-state index in [1.807, 2.05) is 24.3 Å². The molecule has 2 aromatic rings. The molecule has 2 aromatic carbocycles. The minimum Gasteiger partial charge on any atom is -0.356 e. The number of carbonyl (C=O) groups excluding carboxylic acids is 2. The van der Waals surface area contributed by atoms with Crippen molar-refractivity contribution in [2.45, 2.75) is 19.3 Å². The minimum atomic E-state index is -0.112. The van der Waals surface area contributed by atoms with E-state index in [0.717, 1.165) is 24.8 Å². The normalized spacial score (nSPS) is 15.0. The zero-order valence-electron chi connectivity index (χ0n) is 16.5. The van der Waals surface area contributed by atoms with Crippen LogP contribution in [0.5, 0.6) is 0 Å². The zero-order valence-corrected chi connectivity index (χ0v) is 18.7. The molecule has 0 unspecified atom stereocenters. The lowest BCUT2D eigenvalue weighted by Gasteiger charge is -2.30. The van der Waals surface area contributed by atoms with Gasteiger partial charge in [0.05, 0.1) is 16.6 Å². The quantitative estimate of drug-likeness (QED) is 0.621. The summed E-state index contributed by atoms with van der Waals surface area (Å²) in [6.07, 6.45) is 2.26.